The molecule has 8 nitrogen and oxygen atoms in total. The van der Waals surface area contributed by atoms with Crippen molar-refractivity contribution in [3.63, 3.8) is 0 Å². The molecule has 1 atom stereocenters. The van der Waals surface area contributed by atoms with Crippen molar-refractivity contribution < 1.29 is 14.7 Å². The summed E-state index contributed by atoms with van der Waals surface area (Å²) in [4.78, 5) is 25.0. The van der Waals surface area contributed by atoms with Gasteiger partial charge in [0.15, 0.2) is 6.04 Å². The third kappa shape index (κ3) is 6.26. The van der Waals surface area contributed by atoms with Crippen LogP contribution in [0.3, 0.4) is 0 Å². The number of aryl methyl sites for hydroxylation is 1. The molecule has 0 aliphatic rings. The highest BCUT2D eigenvalue weighted by molar-refractivity contribution is 5.83. The molecule has 118 valence electrons. The number of carbonyl (C=O) groups excluding carboxylic acids is 1. The fraction of sp³-hybridized carbons (Fsp3) is 0.615. The Bertz CT molecular complexity index is 472. The number of carboxylic acid groups (broad SMARTS) is 1. The van der Waals surface area contributed by atoms with Crippen LogP contribution < -0.4 is 10.6 Å². The smallest absolute Gasteiger partial charge is 0.331 e. The van der Waals surface area contributed by atoms with Crippen LogP contribution in [0.15, 0.2) is 12.4 Å². The molecule has 0 spiro atoms. The van der Waals surface area contributed by atoms with Gasteiger partial charge >= 0.3 is 12.0 Å². The average Bonchev–Trinajstić information content (AvgIpc) is 2.81. The van der Waals surface area contributed by atoms with Crippen LogP contribution in [0.1, 0.15) is 24.4 Å². The van der Waals surface area contributed by atoms with Gasteiger partial charge in [-0.1, -0.05) is 0 Å². The molecular formula is C13H23N5O3. The van der Waals surface area contributed by atoms with E-state index in [1.165, 1.54) is 10.9 Å². The lowest BCUT2D eigenvalue weighted by Gasteiger charge is -2.14. The number of aromatic nitrogens is 2. The molecule has 0 aliphatic heterocycles. The molecule has 0 radical (unpaired) electrons. The molecule has 1 rings (SSSR count). The minimum absolute atomic E-state index is 0.438. The first kappa shape index (κ1) is 17.0. The Morgan fingerprint density at radius 1 is 1.43 bits per heavy atom. The second kappa shape index (κ2) is 8.25. The fourth-order valence-corrected chi connectivity index (χ4v) is 1.81. The lowest BCUT2D eigenvalue weighted by molar-refractivity contribution is -0.139. The highest BCUT2D eigenvalue weighted by Gasteiger charge is 2.23. The Hall–Kier alpha value is -2.09. The third-order valence-corrected chi connectivity index (χ3v) is 2.90. The summed E-state index contributed by atoms with van der Waals surface area (Å²) < 4.78 is 1.49. The molecule has 3 N–H and O–H groups in total. The standard InChI is InChI=1S/C13H23N5O3/c1-17(2)7-5-4-6-14-13(21)16-11(12(19)20)10-8-15-18(3)9-10/h8-9,11H,4-7H2,1-3H3,(H,19,20)(H2,14,16,21). The largest absolute Gasteiger partial charge is 0.479 e. The van der Waals surface area contributed by atoms with E-state index in [0.29, 0.717) is 12.1 Å². The monoisotopic (exact) mass is 297 g/mol. The van der Waals surface area contributed by atoms with Gasteiger partial charge in [-0.3, -0.25) is 4.68 Å². The van der Waals surface area contributed by atoms with Gasteiger partial charge in [0.05, 0.1) is 6.20 Å². The maximum atomic E-state index is 11.7. The maximum absolute atomic E-state index is 11.7. The Morgan fingerprint density at radius 3 is 2.67 bits per heavy atom. The summed E-state index contributed by atoms with van der Waals surface area (Å²) in [5, 5.41) is 18.2. The number of amides is 2. The maximum Gasteiger partial charge on any atom is 0.331 e. The van der Waals surface area contributed by atoms with E-state index in [4.69, 9.17) is 0 Å². The number of aliphatic carboxylic acids is 1. The summed E-state index contributed by atoms with van der Waals surface area (Å²) in [6.07, 6.45) is 4.81. The minimum atomic E-state index is -1.12. The molecule has 1 heterocycles. The molecule has 1 aromatic heterocycles. The van der Waals surface area contributed by atoms with Crippen LogP contribution in [-0.4, -0.2) is 59.0 Å². The van der Waals surface area contributed by atoms with E-state index in [-0.39, 0.29) is 0 Å². The Balaban J connectivity index is 2.38. The number of hydrogen-bond acceptors (Lipinski definition) is 4. The van der Waals surface area contributed by atoms with Crippen molar-refractivity contribution in [3.8, 4) is 0 Å². The van der Waals surface area contributed by atoms with Crippen LogP contribution in [0.5, 0.6) is 0 Å². The Morgan fingerprint density at radius 2 is 2.14 bits per heavy atom. The van der Waals surface area contributed by atoms with E-state index in [1.807, 2.05) is 14.1 Å². The van der Waals surface area contributed by atoms with Gasteiger partial charge in [-0.15, -0.1) is 0 Å². The van der Waals surface area contributed by atoms with Crippen LogP contribution in [-0.2, 0) is 11.8 Å². The predicted molar refractivity (Wildman–Crippen MR) is 77.9 cm³/mol. The number of unbranched alkanes of at least 4 members (excludes halogenated alkanes) is 1. The molecule has 0 saturated carbocycles. The van der Waals surface area contributed by atoms with Crippen molar-refractivity contribution in [3.05, 3.63) is 18.0 Å². The van der Waals surface area contributed by atoms with Gasteiger partial charge in [0.2, 0.25) is 0 Å². The van der Waals surface area contributed by atoms with E-state index < -0.39 is 18.0 Å². The Labute approximate surface area is 124 Å². The van der Waals surface area contributed by atoms with Crippen molar-refractivity contribution in [1.29, 1.82) is 0 Å². The minimum Gasteiger partial charge on any atom is -0.479 e. The summed E-state index contributed by atoms with van der Waals surface area (Å²) in [7, 11) is 5.67. The molecule has 0 fully saturated rings. The predicted octanol–water partition coefficient (Wildman–Crippen LogP) is 0.187. The normalized spacial score (nSPS) is 12.2. The number of carboxylic acids is 1. The Kier molecular flexibility index (Phi) is 6.67. The molecule has 21 heavy (non-hydrogen) atoms. The molecule has 2 amide bonds. The van der Waals surface area contributed by atoms with Gasteiger partial charge in [-0.25, -0.2) is 9.59 Å². The van der Waals surface area contributed by atoms with Gasteiger partial charge in [0.1, 0.15) is 0 Å². The first-order valence-corrected chi connectivity index (χ1v) is 6.80. The number of nitrogens with one attached hydrogen (secondary N) is 2. The highest BCUT2D eigenvalue weighted by atomic mass is 16.4. The van der Waals surface area contributed by atoms with Gasteiger partial charge in [0.25, 0.3) is 0 Å². The molecule has 1 unspecified atom stereocenters. The second-order valence-corrected chi connectivity index (χ2v) is 5.13. The van der Waals surface area contributed by atoms with Gasteiger partial charge in [0, 0.05) is 25.4 Å². The summed E-state index contributed by atoms with van der Waals surface area (Å²) in [6.45, 7) is 1.47. The topological polar surface area (TPSA) is 99.5 Å². The second-order valence-electron chi connectivity index (χ2n) is 5.13. The highest BCUT2D eigenvalue weighted by Crippen LogP contribution is 2.11. The van der Waals surface area contributed by atoms with Crippen molar-refractivity contribution in [2.45, 2.75) is 18.9 Å². The summed E-state index contributed by atoms with van der Waals surface area (Å²) >= 11 is 0. The number of nitrogens with zero attached hydrogens (tertiary/aromatic N) is 3. The van der Waals surface area contributed by atoms with E-state index in [9.17, 15) is 14.7 Å². The lowest BCUT2D eigenvalue weighted by atomic mass is 10.1. The molecule has 0 aromatic carbocycles. The number of rotatable bonds is 8. The molecular weight excluding hydrogens is 274 g/mol. The SMILES string of the molecule is CN(C)CCCCNC(=O)NC(C(=O)O)c1cnn(C)c1. The van der Waals surface area contributed by atoms with Crippen LogP contribution in [0.2, 0.25) is 0 Å². The van der Waals surface area contributed by atoms with Gasteiger partial charge < -0.3 is 20.6 Å². The van der Waals surface area contributed by atoms with Crippen LogP contribution in [0, 0.1) is 0 Å². The van der Waals surface area contributed by atoms with Crippen molar-refractivity contribution in [2.75, 3.05) is 27.2 Å². The zero-order valence-corrected chi connectivity index (χ0v) is 12.7. The molecule has 0 aliphatic carbocycles. The summed E-state index contributed by atoms with van der Waals surface area (Å²) in [5.41, 5.74) is 0.438. The van der Waals surface area contributed by atoms with Crippen molar-refractivity contribution in [1.82, 2.24) is 25.3 Å². The number of hydrogen-bond donors (Lipinski definition) is 3. The number of urea groups is 1. The first-order valence-electron chi connectivity index (χ1n) is 6.80. The van der Waals surface area contributed by atoms with Crippen molar-refractivity contribution >= 4 is 12.0 Å². The molecule has 0 saturated heterocycles. The molecule has 0 bridgehead atoms. The number of carbonyl (C=O) groups is 2. The average molecular weight is 297 g/mol. The van der Waals surface area contributed by atoms with E-state index in [2.05, 4.69) is 20.6 Å². The van der Waals surface area contributed by atoms with E-state index in [1.54, 1.807) is 13.2 Å². The quantitative estimate of drug-likeness (QED) is 0.595. The summed E-state index contributed by atoms with van der Waals surface area (Å²) in [6, 6.07) is -1.59. The third-order valence-electron chi connectivity index (χ3n) is 2.90. The zero-order valence-electron chi connectivity index (χ0n) is 12.7. The van der Waals surface area contributed by atoms with Crippen LogP contribution in [0.25, 0.3) is 0 Å². The lowest BCUT2D eigenvalue weighted by Crippen LogP contribution is -2.41. The van der Waals surface area contributed by atoms with Gasteiger partial charge in [-0.05, 0) is 33.5 Å². The molecule has 8 heteroatoms. The fourth-order valence-electron chi connectivity index (χ4n) is 1.81. The van der Waals surface area contributed by atoms with E-state index in [0.717, 1.165) is 19.4 Å². The van der Waals surface area contributed by atoms with Crippen LogP contribution in [0.4, 0.5) is 4.79 Å². The van der Waals surface area contributed by atoms with E-state index >= 15 is 0 Å². The summed E-state index contributed by atoms with van der Waals surface area (Å²) in [5.74, 6) is -1.12. The zero-order chi connectivity index (χ0) is 15.8. The molecule has 1 aromatic rings. The van der Waals surface area contributed by atoms with Crippen LogP contribution >= 0.6 is 0 Å². The first-order chi connectivity index (χ1) is 9.90. The van der Waals surface area contributed by atoms with Crippen molar-refractivity contribution in [2.24, 2.45) is 7.05 Å². The van der Waals surface area contributed by atoms with Gasteiger partial charge in [-0.2, -0.15) is 5.10 Å².